The maximum absolute atomic E-state index is 9.60. The number of carbonyl (C=O) groups excluding carboxylic acids is 1. The number of nitrogens with zero attached hydrogens (tertiary/aromatic N) is 1. The number of pyridine rings is 1. The van der Waals surface area contributed by atoms with Gasteiger partial charge in [-0.25, -0.2) is 0 Å². The summed E-state index contributed by atoms with van der Waals surface area (Å²) in [6.45, 7) is 10.3. The summed E-state index contributed by atoms with van der Waals surface area (Å²) in [5.74, 6) is 0.275. The van der Waals surface area contributed by atoms with Gasteiger partial charge in [0.25, 0.3) is 6.47 Å². The van der Waals surface area contributed by atoms with Gasteiger partial charge >= 0.3 is 0 Å². The topological polar surface area (TPSA) is 88.1 Å². The van der Waals surface area contributed by atoms with E-state index in [0.29, 0.717) is 39.5 Å². The number of hydrogen-bond donors (Lipinski definition) is 1. The standard InChI is InChI=1S/C39H42N2O4.C5H10O2/c1-42-39(35-12-7-19-40-23-35)36-24-41-25-37(45-28-31-15-16-32-10-5-6-11-34(32)22-31)38(36)33-17-13-30(14-18-33)27-44-21-20-43-26-29-8-3-2-4-9-29;1-5(2,3)7-4-6/h2-19,22-23,36-39,41H,20-21,24-28H2,1H3;4H,1-3H3. The molecule has 0 amide bonds. The summed E-state index contributed by atoms with van der Waals surface area (Å²) in [5.41, 5.74) is 5.48. The van der Waals surface area contributed by atoms with Gasteiger partial charge in [0.05, 0.1) is 45.2 Å². The van der Waals surface area contributed by atoms with E-state index in [1.807, 2.05) is 51.2 Å². The molecule has 1 fully saturated rings. The fraction of sp³-hybridized carbons (Fsp3) is 0.364. The minimum absolute atomic E-state index is 0.0339. The van der Waals surface area contributed by atoms with Crippen LogP contribution in [0.15, 0.2) is 122 Å². The van der Waals surface area contributed by atoms with E-state index in [-0.39, 0.29) is 29.6 Å². The van der Waals surface area contributed by atoms with Crippen LogP contribution in [0.5, 0.6) is 0 Å². The summed E-state index contributed by atoms with van der Waals surface area (Å²) < 4.78 is 29.1. The molecule has 8 nitrogen and oxygen atoms in total. The maximum atomic E-state index is 9.60. The Labute approximate surface area is 308 Å². The molecular formula is C44H52N2O6. The Morgan fingerprint density at radius 2 is 1.44 bits per heavy atom. The van der Waals surface area contributed by atoms with E-state index < -0.39 is 0 Å². The number of fused-ring (bicyclic) bond motifs is 1. The largest absolute Gasteiger partial charge is 0.462 e. The van der Waals surface area contributed by atoms with Crippen LogP contribution in [0.4, 0.5) is 0 Å². The number of methoxy groups -OCH3 is 1. The lowest BCUT2D eigenvalue weighted by Crippen LogP contribution is -2.49. The lowest BCUT2D eigenvalue weighted by molar-refractivity contribution is -0.138. The fourth-order valence-electron chi connectivity index (χ4n) is 6.53. The van der Waals surface area contributed by atoms with Crippen molar-refractivity contribution in [3.05, 3.63) is 149 Å². The summed E-state index contributed by atoms with van der Waals surface area (Å²) in [6, 6.07) is 38.1. The molecule has 274 valence electrons. The molecule has 6 rings (SSSR count). The van der Waals surface area contributed by atoms with Crippen LogP contribution in [0.3, 0.4) is 0 Å². The van der Waals surface area contributed by atoms with Crippen molar-refractivity contribution < 1.29 is 28.5 Å². The van der Waals surface area contributed by atoms with Crippen molar-refractivity contribution in [3.63, 3.8) is 0 Å². The van der Waals surface area contributed by atoms with E-state index >= 15 is 0 Å². The molecule has 0 spiro atoms. The zero-order valence-electron chi connectivity index (χ0n) is 30.8. The van der Waals surface area contributed by atoms with Gasteiger partial charge in [-0.15, -0.1) is 0 Å². The number of ether oxygens (including phenoxy) is 5. The lowest BCUT2D eigenvalue weighted by Gasteiger charge is -2.42. The highest BCUT2D eigenvalue weighted by atomic mass is 16.5. The van der Waals surface area contributed by atoms with Crippen LogP contribution in [0.1, 0.15) is 60.6 Å². The van der Waals surface area contributed by atoms with Gasteiger partial charge in [0.15, 0.2) is 0 Å². The van der Waals surface area contributed by atoms with Gasteiger partial charge in [-0.2, -0.15) is 0 Å². The molecule has 4 unspecified atom stereocenters. The van der Waals surface area contributed by atoms with Crippen molar-refractivity contribution in [3.8, 4) is 0 Å². The normalized spacial score (nSPS) is 17.9. The summed E-state index contributed by atoms with van der Waals surface area (Å²) in [7, 11) is 1.79. The highest BCUT2D eigenvalue weighted by molar-refractivity contribution is 5.82. The molecule has 0 aliphatic carbocycles. The second-order valence-electron chi connectivity index (χ2n) is 14.0. The average molecular weight is 705 g/mol. The third kappa shape index (κ3) is 11.8. The first-order valence-corrected chi connectivity index (χ1v) is 18.0. The maximum Gasteiger partial charge on any atom is 0.293 e. The predicted molar refractivity (Wildman–Crippen MR) is 205 cm³/mol. The lowest BCUT2D eigenvalue weighted by atomic mass is 9.75. The van der Waals surface area contributed by atoms with Crippen molar-refractivity contribution in [2.24, 2.45) is 5.92 Å². The van der Waals surface area contributed by atoms with Crippen molar-refractivity contribution in [2.45, 2.75) is 64.3 Å². The van der Waals surface area contributed by atoms with E-state index in [4.69, 9.17) is 18.9 Å². The highest BCUT2D eigenvalue weighted by Gasteiger charge is 2.40. The zero-order chi connectivity index (χ0) is 36.6. The van der Waals surface area contributed by atoms with Crippen LogP contribution in [0.2, 0.25) is 0 Å². The Morgan fingerprint density at radius 3 is 2.08 bits per heavy atom. The van der Waals surface area contributed by atoms with E-state index in [0.717, 1.165) is 24.2 Å². The van der Waals surface area contributed by atoms with Crippen molar-refractivity contribution in [2.75, 3.05) is 33.4 Å². The number of rotatable bonds is 15. The first kappa shape index (κ1) is 38.8. The summed E-state index contributed by atoms with van der Waals surface area (Å²) >= 11 is 0. The summed E-state index contributed by atoms with van der Waals surface area (Å²) in [5, 5.41) is 6.11. The third-order valence-corrected chi connectivity index (χ3v) is 9.04. The molecule has 0 saturated carbocycles. The van der Waals surface area contributed by atoms with Gasteiger partial charge in [0, 0.05) is 44.4 Å². The molecule has 4 atom stereocenters. The number of benzene rings is 4. The second kappa shape index (κ2) is 20.0. The van der Waals surface area contributed by atoms with Gasteiger partial charge in [-0.3, -0.25) is 9.78 Å². The number of carbonyl (C=O) groups is 1. The van der Waals surface area contributed by atoms with Crippen LogP contribution in [-0.4, -0.2) is 56.6 Å². The number of nitrogens with one attached hydrogen (secondary N) is 1. The third-order valence-electron chi connectivity index (χ3n) is 9.04. The molecule has 2 heterocycles. The Hall–Kier alpha value is -4.44. The smallest absolute Gasteiger partial charge is 0.293 e. The molecule has 4 aromatic carbocycles. The molecule has 0 radical (unpaired) electrons. The fourth-order valence-corrected chi connectivity index (χ4v) is 6.53. The SMILES string of the molecule is CC(C)(C)OC=O.COC(c1cccnc1)C1CNCC(OCc2ccc3ccccc3c2)C1c1ccc(COCCOCc2ccccc2)cc1. The molecule has 0 bridgehead atoms. The summed E-state index contributed by atoms with van der Waals surface area (Å²) in [4.78, 5) is 14.0. The monoisotopic (exact) mass is 704 g/mol. The first-order valence-electron chi connectivity index (χ1n) is 18.0. The zero-order valence-corrected chi connectivity index (χ0v) is 30.8. The highest BCUT2D eigenvalue weighted by Crippen LogP contribution is 2.41. The Balaban J connectivity index is 0.000000679. The predicted octanol–water partition coefficient (Wildman–Crippen LogP) is 8.20. The molecular weight excluding hydrogens is 652 g/mol. The Morgan fingerprint density at radius 1 is 0.769 bits per heavy atom. The van der Waals surface area contributed by atoms with Crippen molar-refractivity contribution in [1.82, 2.24) is 10.3 Å². The van der Waals surface area contributed by atoms with Crippen molar-refractivity contribution >= 4 is 17.2 Å². The molecule has 1 N–H and O–H groups in total. The molecule has 1 aromatic heterocycles. The minimum atomic E-state index is -0.318. The van der Waals surface area contributed by atoms with Gasteiger partial charge in [0.2, 0.25) is 0 Å². The van der Waals surface area contributed by atoms with Gasteiger partial charge in [0.1, 0.15) is 5.60 Å². The molecule has 5 aromatic rings. The molecule has 8 heteroatoms. The van der Waals surface area contributed by atoms with Crippen LogP contribution in [-0.2, 0) is 48.3 Å². The van der Waals surface area contributed by atoms with Crippen LogP contribution in [0, 0.1) is 5.92 Å². The van der Waals surface area contributed by atoms with E-state index in [2.05, 4.69) is 100.0 Å². The summed E-state index contributed by atoms with van der Waals surface area (Å²) in [6.07, 6.45) is 3.56. The molecule has 1 aliphatic heterocycles. The minimum Gasteiger partial charge on any atom is -0.462 e. The van der Waals surface area contributed by atoms with Crippen LogP contribution < -0.4 is 5.32 Å². The van der Waals surface area contributed by atoms with Gasteiger partial charge < -0.3 is 29.0 Å². The van der Waals surface area contributed by atoms with Gasteiger partial charge in [-0.1, -0.05) is 97.1 Å². The first-order chi connectivity index (χ1) is 25.3. The van der Waals surface area contributed by atoms with Crippen LogP contribution >= 0.6 is 0 Å². The van der Waals surface area contributed by atoms with Crippen LogP contribution in [0.25, 0.3) is 10.8 Å². The average Bonchev–Trinajstić information content (AvgIpc) is 3.16. The quantitative estimate of drug-likeness (QED) is 0.0863. The van der Waals surface area contributed by atoms with Gasteiger partial charge in [-0.05, 0) is 71.5 Å². The van der Waals surface area contributed by atoms with E-state index in [9.17, 15) is 4.79 Å². The molecule has 52 heavy (non-hydrogen) atoms. The number of piperidine rings is 1. The second-order valence-corrected chi connectivity index (χ2v) is 14.0. The Bertz CT molecular complexity index is 1760. The number of aromatic nitrogens is 1. The molecule has 1 saturated heterocycles. The van der Waals surface area contributed by atoms with E-state index in [1.165, 1.54) is 27.5 Å². The Kier molecular flexibility index (Phi) is 14.9. The molecule has 1 aliphatic rings. The number of hydrogen-bond acceptors (Lipinski definition) is 8. The van der Waals surface area contributed by atoms with E-state index in [1.54, 1.807) is 13.3 Å². The van der Waals surface area contributed by atoms with Crippen molar-refractivity contribution in [1.29, 1.82) is 0 Å².